The molecule has 2 rings (SSSR count). The molecule has 1 unspecified atom stereocenters. The van der Waals surface area contributed by atoms with Gasteiger partial charge in [0, 0.05) is 31.4 Å². The zero-order valence-corrected chi connectivity index (χ0v) is 8.31. The maximum absolute atomic E-state index is 11.5. The van der Waals surface area contributed by atoms with Crippen LogP contribution in [0.2, 0.25) is 0 Å². The SMILES string of the molecule is CC1CCC(=O)N1Cc1cccnc1. The molecule has 0 aromatic carbocycles. The fraction of sp³-hybridized carbons (Fsp3) is 0.455. The second-order valence-corrected chi connectivity index (χ2v) is 3.77. The van der Waals surface area contributed by atoms with Crippen LogP contribution in [0.25, 0.3) is 0 Å². The Balaban J connectivity index is 2.07. The van der Waals surface area contributed by atoms with E-state index < -0.39 is 0 Å². The van der Waals surface area contributed by atoms with Gasteiger partial charge in [-0.25, -0.2) is 0 Å². The topological polar surface area (TPSA) is 33.2 Å². The average Bonchev–Trinajstić information content (AvgIpc) is 2.51. The molecule has 1 saturated heterocycles. The smallest absolute Gasteiger partial charge is 0.223 e. The molecule has 0 N–H and O–H groups in total. The van der Waals surface area contributed by atoms with Crippen molar-refractivity contribution in [1.82, 2.24) is 9.88 Å². The molecule has 1 amide bonds. The molecule has 14 heavy (non-hydrogen) atoms. The molecule has 0 bridgehead atoms. The number of hydrogen-bond donors (Lipinski definition) is 0. The third-order valence-corrected chi connectivity index (χ3v) is 2.70. The Kier molecular flexibility index (Phi) is 2.48. The molecular formula is C11H14N2O. The van der Waals surface area contributed by atoms with Crippen molar-refractivity contribution in [2.45, 2.75) is 32.4 Å². The van der Waals surface area contributed by atoms with Crippen molar-refractivity contribution in [3.05, 3.63) is 30.1 Å². The molecule has 1 aromatic heterocycles. The van der Waals surface area contributed by atoms with Crippen molar-refractivity contribution in [3.8, 4) is 0 Å². The summed E-state index contributed by atoms with van der Waals surface area (Å²) in [6.45, 7) is 2.80. The van der Waals surface area contributed by atoms with Crippen molar-refractivity contribution in [1.29, 1.82) is 0 Å². The molecule has 2 heterocycles. The van der Waals surface area contributed by atoms with E-state index in [0.29, 0.717) is 19.0 Å². The monoisotopic (exact) mass is 190 g/mol. The predicted octanol–water partition coefficient (Wildman–Crippen LogP) is 1.59. The number of rotatable bonds is 2. The van der Waals surface area contributed by atoms with Gasteiger partial charge in [-0.05, 0) is 25.0 Å². The van der Waals surface area contributed by atoms with Crippen LogP contribution in [-0.2, 0) is 11.3 Å². The van der Waals surface area contributed by atoms with Crippen molar-refractivity contribution in [2.24, 2.45) is 0 Å². The van der Waals surface area contributed by atoms with E-state index in [-0.39, 0.29) is 5.91 Å². The Bertz CT molecular complexity index is 323. The van der Waals surface area contributed by atoms with Gasteiger partial charge < -0.3 is 4.90 Å². The normalized spacial score (nSPS) is 21.6. The number of carbonyl (C=O) groups is 1. The molecule has 1 aromatic rings. The highest BCUT2D eigenvalue weighted by Gasteiger charge is 2.26. The van der Waals surface area contributed by atoms with Crippen molar-refractivity contribution in [3.63, 3.8) is 0 Å². The summed E-state index contributed by atoms with van der Waals surface area (Å²) in [7, 11) is 0. The molecule has 0 spiro atoms. The molecule has 74 valence electrons. The first-order chi connectivity index (χ1) is 6.77. The third-order valence-electron chi connectivity index (χ3n) is 2.70. The predicted molar refractivity (Wildman–Crippen MR) is 53.5 cm³/mol. The van der Waals surface area contributed by atoms with Gasteiger partial charge in [0.1, 0.15) is 0 Å². The summed E-state index contributed by atoms with van der Waals surface area (Å²) in [6, 6.07) is 4.29. The first-order valence-corrected chi connectivity index (χ1v) is 4.96. The lowest BCUT2D eigenvalue weighted by molar-refractivity contribution is -0.129. The van der Waals surface area contributed by atoms with Crippen molar-refractivity contribution in [2.75, 3.05) is 0 Å². The number of amides is 1. The van der Waals surface area contributed by atoms with Crippen LogP contribution in [0.3, 0.4) is 0 Å². The lowest BCUT2D eigenvalue weighted by Crippen LogP contribution is -2.30. The van der Waals surface area contributed by atoms with E-state index in [1.807, 2.05) is 23.2 Å². The van der Waals surface area contributed by atoms with E-state index in [0.717, 1.165) is 12.0 Å². The number of aromatic nitrogens is 1. The fourth-order valence-electron chi connectivity index (χ4n) is 1.81. The number of nitrogens with zero attached hydrogens (tertiary/aromatic N) is 2. The van der Waals surface area contributed by atoms with E-state index >= 15 is 0 Å². The van der Waals surface area contributed by atoms with Gasteiger partial charge >= 0.3 is 0 Å². The largest absolute Gasteiger partial charge is 0.336 e. The van der Waals surface area contributed by atoms with E-state index in [1.165, 1.54) is 0 Å². The Labute approximate surface area is 83.8 Å². The van der Waals surface area contributed by atoms with Crippen LogP contribution in [-0.4, -0.2) is 21.8 Å². The molecular weight excluding hydrogens is 176 g/mol. The van der Waals surface area contributed by atoms with Crippen LogP contribution in [0.15, 0.2) is 24.5 Å². The van der Waals surface area contributed by atoms with Gasteiger partial charge in [0.15, 0.2) is 0 Å². The van der Waals surface area contributed by atoms with Crippen molar-refractivity contribution >= 4 is 5.91 Å². The maximum Gasteiger partial charge on any atom is 0.223 e. The van der Waals surface area contributed by atoms with Gasteiger partial charge in [-0.1, -0.05) is 6.07 Å². The molecule has 1 aliphatic rings. The highest BCUT2D eigenvalue weighted by molar-refractivity contribution is 5.78. The second kappa shape index (κ2) is 3.78. The quantitative estimate of drug-likeness (QED) is 0.709. The number of carbonyl (C=O) groups excluding carboxylic acids is 1. The van der Waals surface area contributed by atoms with E-state index in [2.05, 4.69) is 11.9 Å². The average molecular weight is 190 g/mol. The summed E-state index contributed by atoms with van der Waals surface area (Å²) in [4.78, 5) is 17.5. The standard InChI is InChI=1S/C11H14N2O/c1-9-4-5-11(14)13(9)8-10-3-2-6-12-7-10/h2-3,6-7,9H,4-5,8H2,1H3. The molecule has 3 heteroatoms. The van der Waals surface area contributed by atoms with Crippen LogP contribution in [0, 0.1) is 0 Å². The summed E-state index contributed by atoms with van der Waals surface area (Å²) in [5, 5.41) is 0. The van der Waals surface area contributed by atoms with Crippen LogP contribution in [0.5, 0.6) is 0 Å². The number of hydrogen-bond acceptors (Lipinski definition) is 2. The summed E-state index contributed by atoms with van der Waals surface area (Å²) in [5.74, 6) is 0.265. The van der Waals surface area contributed by atoms with Crippen LogP contribution in [0.4, 0.5) is 0 Å². The zero-order chi connectivity index (χ0) is 9.97. The highest BCUT2D eigenvalue weighted by atomic mass is 16.2. The minimum atomic E-state index is 0.265. The fourth-order valence-corrected chi connectivity index (χ4v) is 1.81. The number of pyridine rings is 1. The molecule has 1 fully saturated rings. The summed E-state index contributed by atoms with van der Waals surface area (Å²) < 4.78 is 0. The summed E-state index contributed by atoms with van der Waals surface area (Å²) >= 11 is 0. The molecule has 0 radical (unpaired) electrons. The number of likely N-dealkylation sites (tertiary alicyclic amines) is 1. The lowest BCUT2D eigenvalue weighted by Gasteiger charge is -2.21. The van der Waals surface area contributed by atoms with E-state index in [1.54, 1.807) is 6.20 Å². The lowest BCUT2D eigenvalue weighted by atomic mass is 10.2. The molecule has 3 nitrogen and oxygen atoms in total. The molecule has 0 saturated carbocycles. The second-order valence-electron chi connectivity index (χ2n) is 3.77. The summed E-state index contributed by atoms with van der Waals surface area (Å²) in [6.07, 6.45) is 5.25. The van der Waals surface area contributed by atoms with Gasteiger partial charge in [0.05, 0.1) is 0 Å². The summed E-state index contributed by atoms with van der Waals surface area (Å²) in [5.41, 5.74) is 1.11. The molecule has 1 aliphatic heterocycles. The Morgan fingerprint density at radius 2 is 2.50 bits per heavy atom. The Hall–Kier alpha value is -1.38. The van der Waals surface area contributed by atoms with Crippen LogP contribution >= 0.6 is 0 Å². The Morgan fingerprint density at radius 3 is 3.07 bits per heavy atom. The van der Waals surface area contributed by atoms with Gasteiger partial charge in [-0.2, -0.15) is 0 Å². The van der Waals surface area contributed by atoms with Gasteiger partial charge in [0.2, 0.25) is 5.91 Å². The molecule has 0 aliphatic carbocycles. The van der Waals surface area contributed by atoms with Crippen LogP contribution in [0.1, 0.15) is 25.3 Å². The zero-order valence-electron chi connectivity index (χ0n) is 8.31. The van der Waals surface area contributed by atoms with E-state index in [9.17, 15) is 4.79 Å². The van der Waals surface area contributed by atoms with Gasteiger partial charge in [0.25, 0.3) is 0 Å². The Morgan fingerprint density at radius 1 is 1.64 bits per heavy atom. The van der Waals surface area contributed by atoms with Crippen LogP contribution < -0.4 is 0 Å². The van der Waals surface area contributed by atoms with E-state index in [4.69, 9.17) is 0 Å². The van der Waals surface area contributed by atoms with Crippen molar-refractivity contribution < 1.29 is 4.79 Å². The molecule has 1 atom stereocenters. The third kappa shape index (κ3) is 1.76. The minimum absolute atomic E-state index is 0.265. The maximum atomic E-state index is 11.5. The minimum Gasteiger partial charge on any atom is -0.336 e. The first-order valence-electron chi connectivity index (χ1n) is 4.96. The van der Waals surface area contributed by atoms with Gasteiger partial charge in [-0.15, -0.1) is 0 Å². The first kappa shape index (κ1) is 9.19. The van der Waals surface area contributed by atoms with Gasteiger partial charge in [-0.3, -0.25) is 9.78 Å². The highest BCUT2D eigenvalue weighted by Crippen LogP contribution is 2.20.